The molecule has 1 aromatic rings. The first-order valence-corrected chi connectivity index (χ1v) is 6.72. The van der Waals surface area contributed by atoms with Gasteiger partial charge in [-0.1, -0.05) is 30.3 Å². The normalized spacial score (nSPS) is 12.9. The highest BCUT2D eigenvalue weighted by molar-refractivity contribution is 5.88. The van der Waals surface area contributed by atoms with Crippen molar-refractivity contribution in [2.24, 2.45) is 5.73 Å². The van der Waals surface area contributed by atoms with E-state index in [-0.39, 0.29) is 12.8 Å². The molecule has 0 aliphatic rings. The molecule has 0 bridgehead atoms. The molecule has 2 atom stereocenters. The Hall–Kier alpha value is -2.41. The maximum Gasteiger partial charge on any atom is 0.328 e. The van der Waals surface area contributed by atoms with Crippen LogP contribution in [0.15, 0.2) is 30.3 Å². The largest absolute Gasteiger partial charge is 0.469 e. The van der Waals surface area contributed by atoms with E-state index in [0.29, 0.717) is 0 Å². The third-order valence-corrected chi connectivity index (χ3v) is 3.05. The summed E-state index contributed by atoms with van der Waals surface area (Å²) in [6.07, 6.45) is -0.311. The molecule has 0 aliphatic heterocycles. The van der Waals surface area contributed by atoms with E-state index >= 15 is 0 Å². The first kappa shape index (κ1) is 17.6. The predicted octanol–water partition coefficient (Wildman–Crippen LogP) is 0.297. The van der Waals surface area contributed by atoms with Gasteiger partial charge < -0.3 is 20.5 Å². The number of amides is 1. The van der Waals surface area contributed by atoms with E-state index in [1.807, 2.05) is 30.3 Å². The van der Waals surface area contributed by atoms with E-state index in [0.717, 1.165) is 5.56 Å². The molecule has 7 nitrogen and oxygen atoms in total. The highest BCUT2D eigenvalue weighted by Gasteiger charge is 2.25. The standard InChI is InChI=1S/C15H20N2O5/c1-21-14(19)9-12(15(20)22-2)17-13(18)8-11(16)10-6-4-3-5-7-10/h3-7,11-12H,8-9,16H2,1-2H3,(H,17,18). The number of carbonyl (C=O) groups excluding carboxylic acids is 3. The maximum absolute atomic E-state index is 12.0. The SMILES string of the molecule is COC(=O)CC(NC(=O)CC(N)c1ccccc1)C(=O)OC. The van der Waals surface area contributed by atoms with Gasteiger partial charge in [-0.25, -0.2) is 4.79 Å². The van der Waals surface area contributed by atoms with Gasteiger partial charge in [0.2, 0.25) is 5.91 Å². The van der Waals surface area contributed by atoms with E-state index in [1.165, 1.54) is 14.2 Å². The predicted molar refractivity (Wildman–Crippen MR) is 78.6 cm³/mol. The van der Waals surface area contributed by atoms with Crippen LogP contribution in [0.1, 0.15) is 24.4 Å². The van der Waals surface area contributed by atoms with Crippen molar-refractivity contribution in [3.05, 3.63) is 35.9 Å². The summed E-state index contributed by atoms with van der Waals surface area (Å²) in [5.74, 6) is -1.79. The molecule has 1 rings (SSSR count). The van der Waals surface area contributed by atoms with E-state index in [1.54, 1.807) is 0 Å². The molecule has 1 aromatic carbocycles. The average Bonchev–Trinajstić information content (AvgIpc) is 2.53. The van der Waals surface area contributed by atoms with Gasteiger partial charge in [0.25, 0.3) is 0 Å². The van der Waals surface area contributed by atoms with Gasteiger partial charge >= 0.3 is 11.9 Å². The molecule has 0 aliphatic carbocycles. The zero-order valence-corrected chi connectivity index (χ0v) is 12.6. The van der Waals surface area contributed by atoms with Crippen LogP contribution in [0.2, 0.25) is 0 Å². The van der Waals surface area contributed by atoms with Gasteiger partial charge in [-0.05, 0) is 5.56 Å². The first-order valence-electron chi connectivity index (χ1n) is 6.72. The molecule has 120 valence electrons. The molecule has 0 radical (unpaired) electrons. The van der Waals surface area contributed by atoms with Gasteiger partial charge in [0.15, 0.2) is 0 Å². The molecule has 0 saturated carbocycles. The Kier molecular flexibility index (Phi) is 7.04. The molecular weight excluding hydrogens is 288 g/mol. The molecular formula is C15H20N2O5. The van der Waals surface area contributed by atoms with Crippen molar-refractivity contribution >= 4 is 17.8 Å². The lowest BCUT2D eigenvalue weighted by molar-refractivity contribution is -0.150. The summed E-state index contributed by atoms with van der Waals surface area (Å²) in [6.45, 7) is 0. The number of hydrogen-bond acceptors (Lipinski definition) is 6. The Bertz CT molecular complexity index is 518. The first-order chi connectivity index (χ1) is 10.5. The molecule has 3 N–H and O–H groups in total. The van der Waals surface area contributed by atoms with Crippen molar-refractivity contribution in [2.45, 2.75) is 24.9 Å². The van der Waals surface area contributed by atoms with Crippen LogP contribution in [-0.2, 0) is 23.9 Å². The summed E-state index contributed by atoms with van der Waals surface area (Å²) in [5.41, 5.74) is 6.74. The second-order valence-corrected chi connectivity index (χ2v) is 4.64. The lowest BCUT2D eigenvalue weighted by Gasteiger charge is -2.17. The maximum atomic E-state index is 12.0. The zero-order valence-electron chi connectivity index (χ0n) is 12.6. The second kappa shape index (κ2) is 8.78. The Morgan fingerprint density at radius 3 is 2.27 bits per heavy atom. The lowest BCUT2D eigenvalue weighted by atomic mass is 10.0. The van der Waals surface area contributed by atoms with E-state index in [9.17, 15) is 14.4 Å². The number of rotatable bonds is 7. The van der Waals surface area contributed by atoms with Gasteiger partial charge in [-0.15, -0.1) is 0 Å². The summed E-state index contributed by atoms with van der Waals surface area (Å²) in [6, 6.07) is 7.52. The third kappa shape index (κ3) is 5.53. The Morgan fingerprint density at radius 2 is 1.73 bits per heavy atom. The smallest absolute Gasteiger partial charge is 0.328 e. The molecule has 0 saturated heterocycles. The van der Waals surface area contributed by atoms with Crippen LogP contribution in [0.4, 0.5) is 0 Å². The van der Waals surface area contributed by atoms with Crippen LogP contribution in [0, 0.1) is 0 Å². The summed E-state index contributed by atoms with van der Waals surface area (Å²) in [4.78, 5) is 34.8. The van der Waals surface area contributed by atoms with Gasteiger partial charge in [0.1, 0.15) is 6.04 Å². The van der Waals surface area contributed by atoms with E-state index in [2.05, 4.69) is 14.8 Å². The number of methoxy groups -OCH3 is 2. The molecule has 2 unspecified atom stereocenters. The minimum Gasteiger partial charge on any atom is -0.469 e. The third-order valence-electron chi connectivity index (χ3n) is 3.05. The topological polar surface area (TPSA) is 108 Å². The van der Waals surface area contributed by atoms with Crippen LogP contribution in [-0.4, -0.2) is 38.1 Å². The summed E-state index contributed by atoms with van der Waals surface area (Å²) >= 11 is 0. The summed E-state index contributed by atoms with van der Waals surface area (Å²) < 4.78 is 9.04. The van der Waals surface area contributed by atoms with Crippen molar-refractivity contribution in [3.63, 3.8) is 0 Å². The van der Waals surface area contributed by atoms with Crippen molar-refractivity contribution < 1.29 is 23.9 Å². The molecule has 0 aromatic heterocycles. The van der Waals surface area contributed by atoms with E-state index in [4.69, 9.17) is 5.73 Å². The van der Waals surface area contributed by atoms with Crippen molar-refractivity contribution in [2.75, 3.05) is 14.2 Å². The summed E-state index contributed by atoms with van der Waals surface area (Å²) in [5, 5.41) is 2.44. The summed E-state index contributed by atoms with van der Waals surface area (Å²) in [7, 11) is 2.37. The van der Waals surface area contributed by atoms with Gasteiger partial charge in [0, 0.05) is 12.5 Å². The Balaban J connectivity index is 2.62. The minimum atomic E-state index is -1.09. The minimum absolute atomic E-state index is 0.0152. The van der Waals surface area contributed by atoms with Gasteiger partial charge in [-0.3, -0.25) is 9.59 Å². The van der Waals surface area contributed by atoms with Crippen molar-refractivity contribution in [1.29, 1.82) is 0 Å². The molecule has 0 spiro atoms. The molecule has 0 heterocycles. The average molecular weight is 308 g/mol. The van der Waals surface area contributed by atoms with Crippen molar-refractivity contribution in [1.82, 2.24) is 5.32 Å². The van der Waals surface area contributed by atoms with Crippen LogP contribution in [0.3, 0.4) is 0 Å². The second-order valence-electron chi connectivity index (χ2n) is 4.64. The number of nitrogens with one attached hydrogen (secondary N) is 1. The number of hydrogen-bond donors (Lipinski definition) is 2. The molecule has 1 amide bonds. The van der Waals surface area contributed by atoms with Gasteiger partial charge in [-0.2, -0.15) is 0 Å². The van der Waals surface area contributed by atoms with E-state index < -0.39 is 29.9 Å². The molecule has 22 heavy (non-hydrogen) atoms. The number of benzene rings is 1. The number of ether oxygens (including phenoxy) is 2. The monoisotopic (exact) mass is 308 g/mol. The quantitative estimate of drug-likeness (QED) is 0.701. The fourth-order valence-corrected chi connectivity index (χ4v) is 1.86. The molecule has 0 fully saturated rings. The number of nitrogens with two attached hydrogens (primary N) is 1. The number of esters is 2. The van der Waals surface area contributed by atoms with Crippen LogP contribution in [0.25, 0.3) is 0 Å². The van der Waals surface area contributed by atoms with Crippen LogP contribution < -0.4 is 11.1 Å². The fraction of sp³-hybridized carbons (Fsp3) is 0.400. The lowest BCUT2D eigenvalue weighted by Crippen LogP contribution is -2.43. The fourth-order valence-electron chi connectivity index (χ4n) is 1.86. The zero-order chi connectivity index (χ0) is 16.5. The molecule has 7 heteroatoms. The Morgan fingerprint density at radius 1 is 1.09 bits per heavy atom. The van der Waals surface area contributed by atoms with Gasteiger partial charge in [0.05, 0.1) is 20.6 Å². The Labute approximate surface area is 128 Å². The number of carbonyl (C=O) groups is 3. The van der Waals surface area contributed by atoms with Crippen LogP contribution in [0.5, 0.6) is 0 Å². The van der Waals surface area contributed by atoms with Crippen molar-refractivity contribution in [3.8, 4) is 0 Å². The highest BCUT2D eigenvalue weighted by atomic mass is 16.5. The highest BCUT2D eigenvalue weighted by Crippen LogP contribution is 2.13. The van der Waals surface area contributed by atoms with Crippen LogP contribution >= 0.6 is 0 Å².